The van der Waals surface area contributed by atoms with Gasteiger partial charge < -0.3 is 15.2 Å². The minimum Gasteiger partial charge on any atom is -0.480 e. The van der Waals surface area contributed by atoms with Crippen molar-refractivity contribution in [3.05, 3.63) is 119 Å². The van der Waals surface area contributed by atoms with E-state index in [-0.39, 0.29) is 24.5 Å². The third kappa shape index (κ3) is 5.50. The molecule has 4 aromatic rings. The van der Waals surface area contributed by atoms with Gasteiger partial charge in [0.25, 0.3) is 0 Å². The molecule has 5 rings (SSSR count). The largest absolute Gasteiger partial charge is 0.480 e. The third-order valence-electron chi connectivity index (χ3n) is 6.87. The average Bonchev–Trinajstić information content (AvgIpc) is 3.25. The molecule has 1 amide bonds. The van der Waals surface area contributed by atoms with Crippen molar-refractivity contribution in [2.75, 3.05) is 6.61 Å². The van der Waals surface area contributed by atoms with Crippen molar-refractivity contribution in [3.8, 4) is 22.3 Å². The van der Waals surface area contributed by atoms with Crippen LogP contribution in [0.25, 0.3) is 22.3 Å². The van der Waals surface area contributed by atoms with Gasteiger partial charge in [-0.2, -0.15) is 13.2 Å². The second kappa shape index (κ2) is 10.6. The first-order chi connectivity index (χ1) is 18.7. The number of carboxylic acid groups (broad SMARTS) is 1. The Bertz CT molecular complexity index is 1470. The fraction of sp³-hybridized carbons (Fsp3) is 0.161. The van der Waals surface area contributed by atoms with Crippen LogP contribution in [0.4, 0.5) is 18.0 Å². The molecule has 1 unspecified atom stereocenters. The maximum atomic E-state index is 13.4. The Hall–Kier alpha value is -4.59. The van der Waals surface area contributed by atoms with Crippen molar-refractivity contribution in [3.63, 3.8) is 0 Å². The number of carbonyl (C=O) groups excluding carboxylic acids is 1. The molecule has 4 aromatic carbocycles. The number of rotatable bonds is 7. The van der Waals surface area contributed by atoms with E-state index in [1.165, 1.54) is 30.3 Å². The zero-order valence-electron chi connectivity index (χ0n) is 20.6. The Morgan fingerprint density at radius 1 is 0.795 bits per heavy atom. The number of carbonyl (C=O) groups is 2. The minimum atomic E-state index is -4.50. The van der Waals surface area contributed by atoms with Crippen LogP contribution < -0.4 is 5.32 Å². The summed E-state index contributed by atoms with van der Waals surface area (Å²) < 4.78 is 45.6. The van der Waals surface area contributed by atoms with Gasteiger partial charge in [0, 0.05) is 12.3 Å². The van der Waals surface area contributed by atoms with Crippen LogP contribution in [0.2, 0.25) is 0 Å². The first kappa shape index (κ1) is 26.0. The summed E-state index contributed by atoms with van der Waals surface area (Å²) in [5, 5.41) is 12.1. The fourth-order valence-electron chi connectivity index (χ4n) is 5.02. The lowest BCUT2D eigenvalue weighted by Gasteiger charge is -2.18. The molecule has 1 aliphatic rings. The van der Waals surface area contributed by atoms with Crippen molar-refractivity contribution in [2.24, 2.45) is 0 Å². The molecule has 5 nitrogen and oxygen atoms in total. The molecule has 0 aliphatic heterocycles. The standard InChI is InChI=1S/C31H24F3NO4/c32-31(33,34)27-12-6-5-7-21(27)20-15-13-19(14-16-20)17-28(29(36)37)35-30(38)39-18-26-24-10-3-1-8-22(24)23-9-2-4-11-25(23)26/h1-16,26,28H,17-18H2,(H,35,38)(H,36,37). The fourth-order valence-corrected chi connectivity index (χ4v) is 5.02. The van der Waals surface area contributed by atoms with Crippen LogP contribution in [-0.2, 0) is 22.1 Å². The molecule has 0 spiro atoms. The molecule has 0 fully saturated rings. The summed E-state index contributed by atoms with van der Waals surface area (Å²) in [6.45, 7) is 0.0412. The van der Waals surface area contributed by atoms with Gasteiger partial charge >= 0.3 is 18.2 Å². The zero-order valence-corrected chi connectivity index (χ0v) is 20.6. The number of hydrogen-bond acceptors (Lipinski definition) is 3. The van der Waals surface area contributed by atoms with Crippen molar-refractivity contribution in [1.82, 2.24) is 5.32 Å². The number of amides is 1. The molecule has 2 N–H and O–H groups in total. The number of nitrogens with one attached hydrogen (secondary N) is 1. The maximum Gasteiger partial charge on any atom is 0.417 e. The number of carboxylic acids is 1. The molecule has 198 valence electrons. The smallest absolute Gasteiger partial charge is 0.417 e. The maximum absolute atomic E-state index is 13.4. The number of ether oxygens (including phenoxy) is 1. The van der Waals surface area contributed by atoms with Crippen LogP contribution in [0.5, 0.6) is 0 Å². The minimum absolute atomic E-state index is 0.0306. The van der Waals surface area contributed by atoms with Crippen LogP contribution in [-0.4, -0.2) is 29.8 Å². The van der Waals surface area contributed by atoms with E-state index in [1.807, 2.05) is 48.5 Å². The average molecular weight is 532 g/mol. The molecule has 0 bridgehead atoms. The highest BCUT2D eigenvalue weighted by Crippen LogP contribution is 2.44. The lowest BCUT2D eigenvalue weighted by atomic mass is 9.97. The Labute approximate surface area is 222 Å². The summed E-state index contributed by atoms with van der Waals surface area (Å²) in [4.78, 5) is 24.5. The van der Waals surface area contributed by atoms with E-state index in [1.54, 1.807) is 12.1 Å². The van der Waals surface area contributed by atoms with Crippen LogP contribution in [0.3, 0.4) is 0 Å². The van der Waals surface area contributed by atoms with E-state index in [9.17, 15) is 27.9 Å². The Morgan fingerprint density at radius 2 is 1.33 bits per heavy atom. The van der Waals surface area contributed by atoms with Crippen LogP contribution in [0, 0.1) is 0 Å². The monoisotopic (exact) mass is 531 g/mol. The Balaban J connectivity index is 1.24. The molecule has 1 atom stereocenters. The van der Waals surface area contributed by atoms with Gasteiger partial charge in [-0.1, -0.05) is 91.0 Å². The third-order valence-corrected chi connectivity index (χ3v) is 6.87. The SMILES string of the molecule is O=C(NC(Cc1ccc(-c2ccccc2C(F)(F)F)cc1)C(=O)O)OCC1c2ccccc2-c2ccccc21. The number of benzene rings is 4. The Morgan fingerprint density at radius 3 is 1.90 bits per heavy atom. The molecule has 0 saturated heterocycles. The highest BCUT2D eigenvalue weighted by molar-refractivity contribution is 5.81. The molecule has 39 heavy (non-hydrogen) atoms. The summed E-state index contributed by atoms with van der Waals surface area (Å²) >= 11 is 0. The second-order valence-corrected chi connectivity index (χ2v) is 9.31. The number of fused-ring (bicyclic) bond motifs is 3. The predicted molar refractivity (Wildman–Crippen MR) is 140 cm³/mol. The first-order valence-corrected chi connectivity index (χ1v) is 12.3. The summed E-state index contributed by atoms with van der Waals surface area (Å²) in [6, 6.07) is 25.8. The number of alkyl halides is 3. The van der Waals surface area contributed by atoms with E-state index in [4.69, 9.17) is 4.74 Å². The molecule has 0 saturated carbocycles. The molecule has 8 heteroatoms. The van der Waals surface area contributed by atoms with Gasteiger partial charge in [-0.05, 0) is 45.0 Å². The predicted octanol–water partition coefficient (Wildman–Crippen LogP) is 6.91. The summed E-state index contributed by atoms with van der Waals surface area (Å²) in [5.41, 5.74) is 4.39. The van der Waals surface area contributed by atoms with Crippen molar-refractivity contribution < 1.29 is 32.6 Å². The van der Waals surface area contributed by atoms with Gasteiger partial charge in [0.1, 0.15) is 12.6 Å². The number of alkyl carbamates (subject to hydrolysis) is 1. The van der Waals surface area contributed by atoms with Crippen molar-refractivity contribution in [2.45, 2.75) is 24.6 Å². The van der Waals surface area contributed by atoms with Crippen LogP contribution >= 0.6 is 0 Å². The van der Waals surface area contributed by atoms with E-state index in [0.29, 0.717) is 11.1 Å². The van der Waals surface area contributed by atoms with Gasteiger partial charge in [0.15, 0.2) is 0 Å². The Kier molecular flexibility index (Phi) is 7.11. The van der Waals surface area contributed by atoms with E-state index >= 15 is 0 Å². The number of aliphatic carboxylic acids is 1. The van der Waals surface area contributed by atoms with Gasteiger partial charge in [-0.15, -0.1) is 0 Å². The van der Waals surface area contributed by atoms with Crippen molar-refractivity contribution in [1.29, 1.82) is 0 Å². The normalized spacial score (nSPS) is 13.3. The van der Waals surface area contributed by atoms with E-state index < -0.39 is 29.8 Å². The van der Waals surface area contributed by atoms with Crippen LogP contribution in [0.1, 0.15) is 28.2 Å². The van der Waals surface area contributed by atoms with E-state index in [0.717, 1.165) is 28.3 Å². The highest BCUT2D eigenvalue weighted by atomic mass is 19.4. The van der Waals surface area contributed by atoms with Gasteiger partial charge in [0.05, 0.1) is 5.56 Å². The zero-order chi connectivity index (χ0) is 27.6. The lowest BCUT2D eigenvalue weighted by molar-refractivity contribution is -0.139. The lowest BCUT2D eigenvalue weighted by Crippen LogP contribution is -2.42. The highest BCUT2D eigenvalue weighted by Gasteiger charge is 2.33. The summed E-state index contributed by atoms with van der Waals surface area (Å²) in [6.07, 6.45) is -5.43. The molecule has 1 aliphatic carbocycles. The molecule has 0 radical (unpaired) electrons. The summed E-state index contributed by atoms with van der Waals surface area (Å²) in [7, 11) is 0. The van der Waals surface area contributed by atoms with Gasteiger partial charge in [0.2, 0.25) is 0 Å². The molecular weight excluding hydrogens is 507 g/mol. The quantitative estimate of drug-likeness (QED) is 0.272. The van der Waals surface area contributed by atoms with Gasteiger partial charge in [-0.25, -0.2) is 9.59 Å². The first-order valence-electron chi connectivity index (χ1n) is 12.3. The molecular formula is C31H24F3NO4. The second-order valence-electron chi connectivity index (χ2n) is 9.31. The topological polar surface area (TPSA) is 75.6 Å². The molecule has 0 aromatic heterocycles. The van der Waals surface area contributed by atoms with Crippen LogP contribution in [0.15, 0.2) is 97.1 Å². The summed E-state index contributed by atoms with van der Waals surface area (Å²) in [5.74, 6) is -1.42. The van der Waals surface area contributed by atoms with Gasteiger partial charge in [-0.3, -0.25) is 0 Å². The van der Waals surface area contributed by atoms with Crippen molar-refractivity contribution >= 4 is 12.1 Å². The van der Waals surface area contributed by atoms with E-state index in [2.05, 4.69) is 5.32 Å². The molecule has 0 heterocycles. The number of hydrogen-bond donors (Lipinski definition) is 2. The number of halogens is 3.